The maximum Gasteiger partial charge on any atom is 0.0409 e. The van der Waals surface area contributed by atoms with Crippen molar-refractivity contribution in [1.82, 2.24) is 0 Å². The first kappa shape index (κ1) is 12.5. The van der Waals surface area contributed by atoms with E-state index in [9.17, 15) is 0 Å². The van der Waals surface area contributed by atoms with Gasteiger partial charge in [0.15, 0.2) is 0 Å². The lowest BCUT2D eigenvalue weighted by molar-refractivity contribution is 0.243. The van der Waals surface area contributed by atoms with Crippen LogP contribution in [-0.4, -0.2) is 12.6 Å². The van der Waals surface area contributed by atoms with E-state index in [4.69, 9.17) is 0 Å². The molecule has 1 heterocycles. The van der Waals surface area contributed by atoms with Crippen LogP contribution in [0.25, 0.3) is 0 Å². The summed E-state index contributed by atoms with van der Waals surface area (Å²) in [4.78, 5) is 2.71. The number of hydrogen-bond acceptors (Lipinski definition) is 1. The molecule has 0 spiro atoms. The summed E-state index contributed by atoms with van der Waals surface area (Å²) in [5, 5.41) is 0.969. The van der Waals surface area contributed by atoms with Crippen LogP contribution in [0.15, 0.2) is 24.3 Å². The molecule has 2 heteroatoms. The molecule has 0 bridgehead atoms. The first-order valence-corrected chi connectivity index (χ1v) is 8.43. The van der Waals surface area contributed by atoms with E-state index in [-0.39, 0.29) is 0 Å². The molecule has 98 valence electrons. The van der Waals surface area contributed by atoms with Crippen molar-refractivity contribution in [1.29, 1.82) is 0 Å². The number of halogens is 1. The van der Waals surface area contributed by atoms with Gasteiger partial charge in [0.1, 0.15) is 0 Å². The largest absolute Gasteiger partial charge is 0.368 e. The van der Waals surface area contributed by atoms with E-state index in [1.807, 2.05) is 0 Å². The summed E-state index contributed by atoms with van der Waals surface area (Å²) >= 11 is 3.64. The van der Waals surface area contributed by atoms with Gasteiger partial charge in [-0.2, -0.15) is 0 Å². The quantitative estimate of drug-likeness (QED) is 0.713. The molecule has 3 rings (SSSR count). The van der Waals surface area contributed by atoms with Gasteiger partial charge in [0, 0.05) is 23.6 Å². The monoisotopic (exact) mass is 307 g/mol. The molecule has 2 fully saturated rings. The maximum absolute atomic E-state index is 3.64. The van der Waals surface area contributed by atoms with Crippen molar-refractivity contribution in [2.45, 2.75) is 49.9 Å². The summed E-state index contributed by atoms with van der Waals surface area (Å²) in [6.07, 6.45) is 8.57. The van der Waals surface area contributed by atoms with Crippen molar-refractivity contribution in [3.8, 4) is 0 Å². The number of para-hydroxylation sites is 1. The molecule has 2 aliphatic rings. The molecule has 0 radical (unpaired) electrons. The van der Waals surface area contributed by atoms with Crippen LogP contribution in [0.1, 0.15) is 44.1 Å². The van der Waals surface area contributed by atoms with Crippen molar-refractivity contribution >= 4 is 21.6 Å². The van der Waals surface area contributed by atoms with Crippen molar-refractivity contribution in [3.63, 3.8) is 0 Å². The molecule has 1 aliphatic heterocycles. The molecular formula is C16H22BrN. The molecule has 18 heavy (non-hydrogen) atoms. The molecule has 2 atom stereocenters. The Kier molecular flexibility index (Phi) is 3.93. The maximum atomic E-state index is 3.64. The van der Waals surface area contributed by atoms with Crippen LogP contribution in [0.4, 0.5) is 5.69 Å². The van der Waals surface area contributed by atoms with E-state index in [2.05, 4.69) is 45.1 Å². The minimum atomic E-state index is 0.813. The molecule has 2 unspecified atom stereocenters. The van der Waals surface area contributed by atoms with Crippen molar-refractivity contribution in [2.75, 3.05) is 11.4 Å². The number of hydrogen-bond donors (Lipinski definition) is 0. The lowest BCUT2D eigenvalue weighted by Gasteiger charge is -2.46. The molecule has 1 aromatic rings. The third-order valence-corrected chi connectivity index (χ3v) is 5.29. The van der Waals surface area contributed by atoms with Crippen molar-refractivity contribution < 1.29 is 0 Å². The van der Waals surface area contributed by atoms with Crippen LogP contribution in [0.2, 0.25) is 0 Å². The minimum Gasteiger partial charge on any atom is -0.368 e. The highest BCUT2D eigenvalue weighted by atomic mass is 79.9. The molecule has 1 saturated heterocycles. The summed E-state index contributed by atoms with van der Waals surface area (Å²) in [5.41, 5.74) is 2.93. The summed E-state index contributed by atoms with van der Waals surface area (Å²) in [7, 11) is 0. The molecule has 0 aromatic heterocycles. The second kappa shape index (κ2) is 5.64. The van der Waals surface area contributed by atoms with Gasteiger partial charge in [-0.1, -0.05) is 47.0 Å². The molecule has 0 N–H and O–H groups in total. The van der Waals surface area contributed by atoms with Crippen LogP contribution < -0.4 is 4.90 Å². The van der Waals surface area contributed by atoms with Gasteiger partial charge in [-0.3, -0.25) is 0 Å². The van der Waals surface area contributed by atoms with Crippen LogP contribution >= 0.6 is 15.9 Å². The first-order chi connectivity index (χ1) is 8.90. The van der Waals surface area contributed by atoms with Gasteiger partial charge in [0.25, 0.3) is 0 Å². The van der Waals surface area contributed by atoms with Gasteiger partial charge < -0.3 is 4.90 Å². The topological polar surface area (TPSA) is 3.24 Å². The Morgan fingerprint density at radius 2 is 1.83 bits per heavy atom. The zero-order valence-corrected chi connectivity index (χ0v) is 12.5. The fraction of sp³-hybridized carbons (Fsp3) is 0.625. The second-order valence-corrected chi connectivity index (χ2v) is 6.27. The summed E-state index contributed by atoms with van der Waals surface area (Å²) < 4.78 is 0. The number of nitrogens with zero attached hydrogens (tertiary/aromatic N) is 1. The third kappa shape index (κ3) is 2.32. The predicted octanol–water partition coefficient (Wildman–Crippen LogP) is 4.74. The number of fused-ring (bicyclic) bond motifs is 1. The zero-order chi connectivity index (χ0) is 12.4. The number of piperidine rings is 1. The number of benzene rings is 1. The molecule has 1 nitrogen and oxygen atoms in total. The number of rotatable bonds is 2. The first-order valence-electron chi connectivity index (χ1n) is 7.30. The number of alkyl halides is 1. The van der Waals surface area contributed by atoms with Crippen molar-refractivity contribution in [3.05, 3.63) is 29.8 Å². The zero-order valence-electron chi connectivity index (χ0n) is 10.9. The molecule has 1 aliphatic carbocycles. The van der Waals surface area contributed by atoms with Crippen LogP contribution in [-0.2, 0) is 5.33 Å². The Labute approximate surface area is 119 Å². The SMILES string of the molecule is BrCc1ccccc1N1CCCC2CCCCC21. The van der Waals surface area contributed by atoms with E-state index < -0.39 is 0 Å². The standard InChI is InChI=1S/C16H22BrN/c17-12-14-7-2-4-10-16(14)18-11-5-8-13-6-1-3-9-15(13)18/h2,4,7,10,13,15H,1,3,5-6,8-9,11-12H2. The van der Waals surface area contributed by atoms with Crippen molar-refractivity contribution in [2.24, 2.45) is 5.92 Å². The summed E-state index contributed by atoms with van der Waals surface area (Å²) in [6, 6.07) is 9.73. The van der Waals surface area contributed by atoms with Gasteiger partial charge in [0.05, 0.1) is 0 Å². The smallest absolute Gasteiger partial charge is 0.0409 e. The average molecular weight is 308 g/mol. The second-order valence-electron chi connectivity index (χ2n) is 5.71. The Morgan fingerprint density at radius 1 is 1.06 bits per heavy atom. The summed E-state index contributed by atoms with van der Waals surface area (Å²) in [6.45, 7) is 1.26. The van der Waals surface area contributed by atoms with Gasteiger partial charge in [0.2, 0.25) is 0 Å². The third-order valence-electron chi connectivity index (χ3n) is 4.69. The number of anilines is 1. The van der Waals surface area contributed by atoms with E-state index in [0.29, 0.717) is 0 Å². The van der Waals surface area contributed by atoms with E-state index in [1.165, 1.54) is 56.3 Å². The predicted molar refractivity (Wildman–Crippen MR) is 81.4 cm³/mol. The Morgan fingerprint density at radius 3 is 2.72 bits per heavy atom. The fourth-order valence-electron chi connectivity index (χ4n) is 3.83. The minimum absolute atomic E-state index is 0.813. The van der Waals surface area contributed by atoms with Gasteiger partial charge in [-0.25, -0.2) is 0 Å². The van der Waals surface area contributed by atoms with Gasteiger partial charge in [-0.05, 0) is 43.2 Å². The molecule has 1 saturated carbocycles. The Bertz CT molecular complexity index is 402. The molecule has 0 amide bonds. The van der Waals surface area contributed by atoms with E-state index in [1.54, 1.807) is 0 Å². The molecular weight excluding hydrogens is 286 g/mol. The van der Waals surface area contributed by atoms with E-state index >= 15 is 0 Å². The van der Waals surface area contributed by atoms with Gasteiger partial charge in [-0.15, -0.1) is 0 Å². The summed E-state index contributed by atoms with van der Waals surface area (Å²) in [5.74, 6) is 0.955. The highest BCUT2D eigenvalue weighted by Crippen LogP contribution is 2.39. The normalized spacial score (nSPS) is 27.9. The fourth-order valence-corrected chi connectivity index (χ4v) is 4.30. The van der Waals surface area contributed by atoms with E-state index in [0.717, 1.165) is 17.3 Å². The highest BCUT2D eigenvalue weighted by molar-refractivity contribution is 9.08. The lowest BCUT2D eigenvalue weighted by atomic mass is 9.78. The van der Waals surface area contributed by atoms with Crippen LogP contribution in [0, 0.1) is 5.92 Å². The Hall–Kier alpha value is -0.500. The van der Waals surface area contributed by atoms with Crippen LogP contribution in [0.3, 0.4) is 0 Å². The highest BCUT2D eigenvalue weighted by Gasteiger charge is 2.33. The van der Waals surface area contributed by atoms with Crippen LogP contribution in [0.5, 0.6) is 0 Å². The lowest BCUT2D eigenvalue weighted by Crippen LogP contribution is -2.47. The Balaban J connectivity index is 1.89. The average Bonchev–Trinajstić information content (AvgIpc) is 2.46. The molecule has 1 aromatic carbocycles. The van der Waals surface area contributed by atoms with Gasteiger partial charge >= 0.3 is 0 Å².